The Morgan fingerprint density at radius 2 is 1.71 bits per heavy atom. The third kappa shape index (κ3) is 3.22. The maximum absolute atomic E-state index is 11.6. The molecule has 0 unspecified atom stereocenters. The van der Waals surface area contributed by atoms with Gasteiger partial charge < -0.3 is 14.5 Å². The van der Waals surface area contributed by atoms with Gasteiger partial charge in [0.15, 0.2) is 0 Å². The zero-order valence-corrected chi connectivity index (χ0v) is 12.5. The lowest BCUT2D eigenvalue weighted by Gasteiger charge is -2.14. The standard InChI is InChI=1S/C15H15O5P/c1-10-4-3-5-13(21(17,18)19)14(10)11-6-8-12(9-7-11)15(16)20-2/h3-9H,1-2H3,(H2,17,18,19). The van der Waals surface area contributed by atoms with Crippen molar-refractivity contribution in [3.8, 4) is 11.1 Å². The van der Waals surface area contributed by atoms with Crippen molar-refractivity contribution in [3.05, 3.63) is 53.6 Å². The highest BCUT2D eigenvalue weighted by atomic mass is 31.2. The molecular weight excluding hydrogens is 291 g/mol. The number of ether oxygens (including phenoxy) is 1. The molecule has 110 valence electrons. The smallest absolute Gasteiger partial charge is 0.356 e. The van der Waals surface area contributed by atoms with Gasteiger partial charge in [-0.25, -0.2) is 4.79 Å². The lowest BCUT2D eigenvalue weighted by Crippen LogP contribution is -2.09. The Balaban J connectivity index is 2.57. The van der Waals surface area contributed by atoms with Gasteiger partial charge in [-0.3, -0.25) is 4.57 Å². The highest BCUT2D eigenvalue weighted by molar-refractivity contribution is 7.60. The number of esters is 1. The van der Waals surface area contributed by atoms with Crippen molar-refractivity contribution >= 4 is 18.9 Å². The molecule has 2 aromatic carbocycles. The molecule has 0 aliphatic heterocycles. The molecule has 0 saturated carbocycles. The lowest BCUT2D eigenvalue weighted by atomic mass is 9.99. The Labute approximate surface area is 122 Å². The van der Waals surface area contributed by atoms with E-state index in [4.69, 9.17) is 0 Å². The third-order valence-electron chi connectivity index (χ3n) is 3.16. The quantitative estimate of drug-likeness (QED) is 0.671. The van der Waals surface area contributed by atoms with Crippen molar-refractivity contribution in [1.82, 2.24) is 0 Å². The number of aryl methyl sites for hydroxylation is 1. The molecule has 0 aliphatic carbocycles. The van der Waals surface area contributed by atoms with Crippen LogP contribution in [0.3, 0.4) is 0 Å². The summed E-state index contributed by atoms with van der Waals surface area (Å²) < 4.78 is 16.2. The van der Waals surface area contributed by atoms with E-state index in [2.05, 4.69) is 4.74 Å². The van der Waals surface area contributed by atoms with E-state index in [9.17, 15) is 19.1 Å². The number of carbonyl (C=O) groups excluding carboxylic acids is 1. The number of methoxy groups -OCH3 is 1. The number of benzene rings is 2. The van der Waals surface area contributed by atoms with E-state index in [0.29, 0.717) is 16.7 Å². The molecule has 6 heteroatoms. The Kier molecular flexibility index (Phi) is 4.28. The van der Waals surface area contributed by atoms with Crippen molar-refractivity contribution in [2.24, 2.45) is 0 Å². The van der Waals surface area contributed by atoms with Gasteiger partial charge in [0.25, 0.3) is 0 Å². The molecule has 0 spiro atoms. The number of rotatable bonds is 3. The number of carbonyl (C=O) groups is 1. The van der Waals surface area contributed by atoms with Gasteiger partial charge in [0.05, 0.1) is 18.0 Å². The van der Waals surface area contributed by atoms with Crippen LogP contribution >= 0.6 is 7.60 Å². The molecular formula is C15H15O5P. The third-order valence-corrected chi connectivity index (χ3v) is 4.16. The van der Waals surface area contributed by atoms with E-state index in [1.165, 1.54) is 13.2 Å². The second-order valence-electron chi connectivity index (χ2n) is 4.58. The molecule has 2 N–H and O–H groups in total. The Bertz CT molecular complexity index is 715. The van der Waals surface area contributed by atoms with Gasteiger partial charge >= 0.3 is 13.6 Å². The fourth-order valence-electron chi connectivity index (χ4n) is 2.16. The molecule has 0 bridgehead atoms. The highest BCUT2D eigenvalue weighted by Crippen LogP contribution is 2.39. The van der Waals surface area contributed by atoms with Gasteiger partial charge in [0.1, 0.15) is 0 Å². The van der Waals surface area contributed by atoms with Gasteiger partial charge in [-0.15, -0.1) is 0 Å². The van der Waals surface area contributed by atoms with Gasteiger partial charge in [-0.2, -0.15) is 0 Å². The molecule has 0 fully saturated rings. The van der Waals surface area contributed by atoms with Crippen molar-refractivity contribution < 1.29 is 23.9 Å². The first-order valence-corrected chi connectivity index (χ1v) is 7.80. The van der Waals surface area contributed by atoms with Crippen LogP contribution in [-0.2, 0) is 9.30 Å². The van der Waals surface area contributed by atoms with Crippen molar-refractivity contribution in [2.45, 2.75) is 6.92 Å². The monoisotopic (exact) mass is 306 g/mol. The van der Waals surface area contributed by atoms with Crippen molar-refractivity contribution in [3.63, 3.8) is 0 Å². The largest absolute Gasteiger partial charge is 0.465 e. The minimum absolute atomic E-state index is 0.0201. The zero-order valence-electron chi connectivity index (χ0n) is 11.6. The lowest BCUT2D eigenvalue weighted by molar-refractivity contribution is 0.0600. The number of hydrogen-bond donors (Lipinski definition) is 2. The van der Waals surface area contributed by atoms with Gasteiger partial charge in [-0.05, 0) is 41.8 Å². The van der Waals surface area contributed by atoms with E-state index in [1.54, 1.807) is 43.3 Å². The van der Waals surface area contributed by atoms with Crippen LogP contribution in [0.15, 0.2) is 42.5 Å². The first-order chi connectivity index (χ1) is 9.84. The van der Waals surface area contributed by atoms with Crippen molar-refractivity contribution in [2.75, 3.05) is 7.11 Å². The molecule has 0 aliphatic rings. The molecule has 0 amide bonds. The first-order valence-electron chi connectivity index (χ1n) is 6.19. The molecule has 0 radical (unpaired) electrons. The SMILES string of the molecule is COC(=O)c1ccc(-c2c(C)cccc2P(=O)(O)O)cc1. The van der Waals surface area contributed by atoms with Crippen LogP contribution in [0, 0.1) is 6.92 Å². The van der Waals surface area contributed by atoms with Crippen LogP contribution in [-0.4, -0.2) is 22.9 Å². The normalized spacial score (nSPS) is 11.2. The maximum Gasteiger partial charge on any atom is 0.356 e. The highest BCUT2D eigenvalue weighted by Gasteiger charge is 2.23. The second-order valence-corrected chi connectivity index (χ2v) is 6.15. The van der Waals surface area contributed by atoms with Crippen LogP contribution < -0.4 is 5.30 Å². The minimum atomic E-state index is -4.38. The summed E-state index contributed by atoms with van der Waals surface area (Å²) in [5.74, 6) is -0.457. The molecule has 21 heavy (non-hydrogen) atoms. The number of hydrogen-bond acceptors (Lipinski definition) is 3. The van der Waals surface area contributed by atoms with Crippen LogP contribution in [0.1, 0.15) is 15.9 Å². The summed E-state index contributed by atoms with van der Waals surface area (Å²) in [4.78, 5) is 30.4. The Morgan fingerprint density at radius 1 is 1.10 bits per heavy atom. The van der Waals surface area contributed by atoms with Gasteiger partial charge in [0.2, 0.25) is 0 Å². The van der Waals surface area contributed by atoms with Gasteiger partial charge in [0, 0.05) is 0 Å². The molecule has 0 saturated heterocycles. The fourth-order valence-corrected chi connectivity index (χ4v) is 3.04. The summed E-state index contributed by atoms with van der Waals surface area (Å²) >= 11 is 0. The van der Waals surface area contributed by atoms with Gasteiger partial charge in [-0.1, -0.05) is 24.3 Å². The Morgan fingerprint density at radius 3 is 2.24 bits per heavy atom. The summed E-state index contributed by atoms with van der Waals surface area (Å²) in [6, 6.07) is 11.2. The van der Waals surface area contributed by atoms with E-state index in [1.807, 2.05) is 0 Å². The zero-order chi connectivity index (χ0) is 15.6. The van der Waals surface area contributed by atoms with E-state index < -0.39 is 13.6 Å². The summed E-state index contributed by atoms with van der Waals surface area (Å²) in [6.07, 6.45) is 0. The van der Waals surface area contributed by atoms with Crippen LogP contribution in [0.5, 0.6) is 0 Å². The van der Waals surface area contributed by atoms with Crippen LogP contribution in [0.4, 0.5) is 0 Å². The Hall–Kier alpha value is -1.94. The summed E-state index contributed by atoms with van der Waals surface area (Å²) in [7, 11) is -3.08. The average molecular weight is 306 g/mol. The molecule has 2 rings (SSSR count). The second kappa shape index (κ2) is 5.82. The van der Waals surface area contributed by atoms with Crippen LogP contribution in [0.2, 0.25) is 0 Å². The van der Waals surface area contributed by atoms with Crippen molar-refractivity contribution in [1.29, 1.82) is 0 Å². The molecule has 0 heterocycles. The molecule has 5 nitrogen and oxygen atoms in total. The van der Waals surface area contributed by atoms with Crippen LogP contribution in [0.25, 0.3) is 11.1 Å². The molecule has 2 aromatic rings. The predicted octanol–water partition coefficient (Wildman–Crippen LogP) is 2.25. The predicted molar refractivity (Wildman–Crippen MR) is 79.6 cm³/mol. The molecule has 0 aromatic heterocycles. The first kappa shape index (κ1) is 15.4. The average Bonchev–Trinajstić information content (AvgIpc) is 2.45. The van der Waals surface area contributed by atoms with E-state index in [0.717, 1.165) is 5.56 Å². The fraction of sp³-hybridized carbons (Fsp3) is 0.133. The van der Waals surface area contributed by atoms with E-state index >= 15 is 0 Å². The summed E-state index contributed by atoms with van der Waals surface area (Å²) in [5.41, 5.74) is 2.26. The topological polar surface area (TPSA) is 83.8 Å². The molecule has 0 atom stereocenters. The van der Waals surface area contributed by atoms with E-state index in [-0.39, 0.29) is 5.30 Å². The summed E-state index contributed by atoms with van der Waals surface area (Å²) in [6.45, 7) is 1.78. The minimum Gasteiger partial charge on any atom is -0.465 e. The summed E-state index contributed by atoms with van der Waals surface area (Å²) in [5, 5.41) is -0.0201. The maximum atomic E-state index is 11.6.